The zero-order valence-electron chi connectivity index (χ0n) is 19.2. The number of rotatable bonds is 11. The van der Waals surface area contributed by atoms with E-state index in [0.29, 0.717) is 36.7 Å². The molecule has 0 unspecified atom stereocenters. The SMILES string of the molecule is CCCNC(=O)CCCCn1c(=O)c2ccccc2n(CC(=O)NCc2ccc(F)cc2)c1=O. The Balaban J connectivity index is 1.74. The number of carbonyl (C=O) groups excluding carboxylic acids is 2. The van der Waals surface area contributed by atoms with Gasteiger partial charge in [-0.05, 0) is 49.1 Å². The van der Waals surface area contributed by atoms with Crippen LogP contribution in [0.15, 0.2) is 58.1 Å². The molecule has 3 rings (SSSR count). The van der Waals surface area contributed by atoms with Gasteiger partial charge in [-0.3, -0.25) is 23.5 Å². The van der Waals surface area contributed by atoms with Crippen molar-refractivity contribution in [3.8, 4) is 0 Å². The number of benzene rings is 2. The van der Waals surface area contributed by atoms with Crippen LogP contribution in [0.4, 0.5) is 4.39 Å². The third-order valence-electron chi connectivity index (χ3n) is 5.44. The lowest BCUT2D eigenvalue weighted by Crippen LogP contribution is -2.42. The van der Waals surface area contributed by atoms with Crippen molar-refractivity contribution in [3.05, 3.63) is 80.7 Å². The Morgan fingerprint density at radius 2 is 1.65 bits per heavy atom. The lowest BCUT2D eigenvalue weighted by molar-refractivity contribution is -0.122. The van der Waals surface area contributed by atoms with Crippen molar-refractivity contribution < 1.29 is 14.0 Å². The molecule has 34 heavy (non-hydrogen) atoms. The van der Waals surface area contributed by atoms with Crippen LogP contribution in [0.2, 0.25) is 0 Å². The molecule has 180 valence electrons. The number of fused-ring (bicyclic) bond motifs is 1. The van der Waals surface area contributed by atoms with Crippen molar-refractivity contribution in [2.75, 3.05) is 6.54 Å². The predicted molar refractivity (Wildman–Crippen MR) is 128 cm³/mol. The van der Waals surface area contributed by atoms with Gasteiger partial charge in [-0.1, -0.05) is 31.2 Å². The molecule has 2 N–H and O–H groups in total. The minimum absolute atomic E-state index is 0.0528. The van der Waals surface area contributed by atoms with Gasteiger partial charge in [0.05, 0.1) is 10.9 Å². The first-order chi connectivity index (χ1) is 16.4. The summed E-state index contributed by atoms with van der Waals surface area (Å²) in [6, 6.07) is 12.4. The molecule has 0 atom stereocenters. The quantitative estimate of drug-likeness (QED) is 0.422. The van der Waals surface area contributed by atoms with Crippen LogP contribution in [0.3, 0.4) is 0 Å². The summed E-state index contributed by atoms with van der Waals surface area (Å²) in [5, 5.41) is 5.86. The van der Waals surface area contributed by atoms with E-state index in [1.807, 2.05) is 6.92 Å². The van der Waals surface area contributed by atoms with Crippen LogP contribution >= 0.6 is 0 Å². The van der Waals surface area contributed by atoms with E-state index >= 15 is 0 Å². The smallest absolute Gasteiger partial charge is 0.331 e. The maximum Gasteiger partial charge on any atom is 0.331 e. The topological polar surface area (TPSA) is 102 Å². The Labute approximate surface area is 196 Å². The molecule has 0 radical (unpaired) electrons. The van der Waals surface area contributed by atoms with Crippen LogP contribution in [-0.4, -0.2) is 27.5 Å². The number of carbonyl (C=O) groups is 2. The minimum Gasteiger partial charge on any atom is -0.356 e. The molecule has 1 aromatic heterocycles. The summed E-state index contributed by atoms with van der Waals surface area (Å²) in [5.74, 6) is -0.825. The van der Waals surface area contributed by atoms with Crippen LogP contribution in [0, 0.1) is 5.82 Å². The standard InChI is InChI=1S/C25H29FN4O4/c1-2-14-27-22(31)9-5-6-15-29-24(33)20-7-3-4-8-21(20)30(25(29)34)17-23(32)28-16-18-10-12-19(26)13-11-18/h3-4,7-8,10-13H,2,5-6,9,14-17H2,1H3,(H,27,31)(H,28,32). The molecule has 0 aliphatic carbocycles. The van der Waals surface area contributed by atoms with Crippen LogP contribution in [0.5, 0.6) is 0 Å². The average molecular weight is 469 g/mol. The molecular weight excluding hydrogens is 439 g/mol. The second kappa shape index (κ2) is 11.9. The highest BCUT2D eigenvalue weighted by Crippen LogP contribution is 2.08. The maximum absolute atomic E-state index is 13.1. The van der Waals surface area contributed by atoms with Crippen LogP contribution in [0.25, 0.3) is 10.9 Å². The summed E-state index contributed by atoms with van der Waals surface area (Å²) < 4.78 is 15.5. The average Bonchev–Trinajstić information content (AvgIpc) is 2.84. The normalized spacial score (nSPS) is 10.9. The highest BCUT2D eigenvalue weighted by molar-refractivity contribution is 5.81. The first kappa shape index (κ1) is 24.9. The molecule has 0 bridgehead atoms. The fourth-order valence-corrected chi connectivity index (χ4v) is 3.63. The van der Waals surface area contributed by atoms with E-state index in [2.05, 4.69) is 10.6 Å². The number of hydrogen-bond acceptors (Lipinski definition) is 4. The third kappa shape index (κ3) is 6.40. The van der Waals surface area contributed by atoms with Gasteiger partial charge in [0.1, 0.15) is 12.4 Å². The Bertz CT molecular complexity index is 1260. The summed E-state index contributed by atoms with van der Waals surface area (Å²) in [6.45, 7) is 2.67. The zero-order chi connectivity index (χ0) is 24.5. The molecule has 0 saturated heterocycles. The van der Waals surface area contributed by atoms with E-state index in [4.69, 9.17) is 0 Å². The van der Waals surface area contributed by atoms with Gasteiger partial charge in [0.2, 0.25) is 11.8 Å². The summed E-state index contributed by atoms with van der Waals surface area (Å²) in [5.41, 5.74) is 0.111. The number of unbranched alkanes of at least 4 members (excludes halogenated alkanes) is 1. The number of amides is 2. The van der Waals surface area contributed by atoms with Crippen molar-refractivity contribution in [2.45, 2.75) is 52.2 Å². The fraction of sp³-hybridized carbons (Fsp3) is 0.360. The van der Waals surface area contributed by atoms with Crippen molar-refractivity contribution in [1.82, 2.24) is 19.8 Å². The van der Waals surface area contributed by atoms with E-state index in [1.165, 1.54) is 16.7 Å². The van der Waals surface area contributed by atoms with Gasteiger partial charge in [0.15, 0.2) is 0 Å². The van der Waals surface area contributed by atoms with E-state index in [9.17, 15) is 23.6 Å². The number of halogens is 1. The number of aromatic nitrogens is 2. The second-order valence-electron chi connectivity index (χ2n) is 8.05. The Morgan fingerprint density at radius 3 is 2.38 bits per heavy atom. The molecule has 0 aliphatic heterocycles. The molecule has 2 aromatic carbocycles. The second-order valence-corrected chi connectivity index (χ2v) is 8.05. The van der Waals surface area contributed by atoms with Crippen LogP contribution in [0.1, 0.15) is 38.2 Å². The summed E-state index contributed by atoms with van der Waals surface area (Å²) in [6.07, 6.45) is 2.19. The highest BCUT2D eigenvalue weighted by atomic mass is 19.1. The number of hydrogen-bond donors (Lipinski definition) is 2. The molecule has 0 aliphatic rings. The molecule has 3 aromatic rings. The van der Waals surface area contributed by atoms with Gasteiger partial charge in [-0.15, -0.1) is 0 Å². The largest absolute Gasteiger partial charge is 0.356 e. The van der Waals surface area contributed by atoms with E-state index in [-0.39, 0.29) is 31.4 Å². The van der Waals surface area contributed by atoms with Gasteiger partial charge >= 0.3 is 5.69 Å². The molecule has 9 heteroatoms. The van der Waals surface area contributed by atoms with Gasteiger partial charge in [-0.25, -0.2) is 9.18 Å². The van der Waals surface area contributed by atoms with Gasteiger partial charge in [-0.2, -0.15) is 0 Å². The van der Waals surface area contributed by atoms with Crippen molar-refractivity contribution in [3.63, 3.8) is 0 Å². The highest BCUT2D eigenvalue weighted by Gasteiger charge is 2.15. The molecule has 8 nitrogen and oxygen atoms in total. The first-order valence-corrected chi connectivity index (χ1v) is 11.4. The summed E-state index contributed by atoms with van der Waals surface area (Å²) >= 11 is 0. The van der Waals surface area contributed by atoms with Gasteiger partial charge in [0, 0.05) is 26.1 Å². The fourth-order valence-electron chi connectivity index (χ4n) is 3.63. The number of nitrogens with one attached hydrogen (secondary N) is 2. The zero-order valence-corrected chi connectivity index (χ0v) is 19.2. The van der Waals surface area contributed by atoms with Crippen molar-refractivity contribution in [1.29, 1.82) is 0 Å². The Morgan fingerprint density at radius 1 is 0.912 bits per heavy atom. The number of para-hydroxylation sites is 1. The summed E-state index contributed by atoms with van der Waals surface area (Å²) in [4.78, 5) is 50.4. The molecule has 0 fully saturated rings. The first-order valence-electron chi connectivity index (χ1n) is 11.4. The van der Waals surface area contributed by atoms with E-state index in [0.717, 1.165) is 16.6 Å². The molecule has 0 saturated carbocycles. The minimum atomic E-state index is -0.573. The molecule has 1 heterocycles. The van der Waals surface area contributed by atoms with Gasteiger partial charge in [0.25, 0.3) is 5.56 Å². The van der Waals surface area contributed by atoms with E-state index in [1.54, 1.807) is 36.4 Å². The van der Waals surface area contributed by atoms with Crippen LogP contribution < -0.4 is 21.9 Å². The number of nitrogens with zero attached hydrogens (tertiary/aromatic N) is 2. The molecule has 0 spiro atoms. The lowest BCUT2D eigenvalue weighted by Gasteiger charge is -2.14. The molecule has 2 amide bonds. The van der Waals surface area contributed by atoms with Gasteiger partial charge < -0.3 is 10.6 Å². The summed E-state index contributed by atoms with van der Waals surface area (Å²) in [7, 11) is 0. The third-order valence-corrected chi connectivity index (χ3v) is 5.44. The maximum atomic E-state index is 13.1. The van der Waals surface area contributed by atoms with Crippen molar-refractivity contribution >= 4 is 22.7 Å². The predicted octanol–water partition coefficient (Wildman–Crippen LogP) is 2.32. The Hall–Kier alpha value is -3.75. The monoisotopic (exact) mass is 468 g/mol. The lowest BCUT2D eigenvalue weighted by atomic mass is 10.2. The van der Waals surface area contributed by atoms with Crippen LogP contribution in [-0.2, 0) is 29.2 Å². The van der Waals surface area contributed by atoms with E-state index < -0.39 is 17.2 Å². The Kier molecular flexibility index (Phi) is 8.73. The molecular formula is C25H29FN4O4. The van der Waals surface area contributed by atoms with Crippen molar-refractivity contribution in [2.24, 2.45) is 0 Å².